The summed E-state index contributed by atoms with van der Waals surface area (Å²) >= 11 is 6.66. The van der Waals surface area contributed by atoms with Crippen molar-refractivity contribution in [2.45, 2.75) is 43.6 Å². The molecule has 6 nitrogen and oxygen atoms in total. The van der Waals surface area contributed by atoms with Gasteiger partial charge in [0.15, 0.2) is 15.7 Å². The number of fused-ring (bicyclic) bond motifs is 1. The molecule has 0 unspecified atom stereocenters. The van der Waals surface area contributed by atoms with Crippen LogP contribution in [0.4, 0.5) is 5.69 Å². The largest absolute Gasteiger partial charge is 0.477 e. The summed E-state index contributed by atoms with van der Waals surface area (Å²) in [5.41, 5.74) is 6.51. The minimum Gasteiger partial charge on any atom is -0.477 e. The molecule has 0 amide bonds. The highest BCUT2D eigenvalue weighted by molar-refractivity contribution is 7.89. The molecular weight excluding hydrogens is 510 g/mol. The summed E-state index contributed by atoms with van der Waals surface area (Å²) in [5, 5.41) is 20.2. The van der Waals surface area contributed by atoms with Crippen LogP contribution in [0.25, 0.3) is 22.3 Å². The van der Waals surface area contributed by atoms with Gasteiger partial charge in [-0.25, -0.2) is 13.4 Å². The molecule has 0 aromatic heterocycles. The molecule has 1 aliphatic carbocycles. The van der Waals surface area contributed by atoms with Crippen molar-refractivity contribution >= 4 is 33.0 Å². The summed E-state index contributed by atoms with van der Waals surface area (Å²) in [6.45, 7) is 0.000190. The molecule has 0 radical (unpaired) electrons. The molecule has 3 aromatic rings. The van der Waals surface area contributed by atoms with Crippen molar-refractivity contribution in [3.05, 3.63) is 76.8 Å². The van der Waals surface area contributed by atoms with Crippen molar-refractivity contribution in [2.75, 3.05) is 12.9 Å². The molecule has 0 saturated heterocycles. The van der Waals surface area contributed by atoms with Crippen molar-refractivity contribution in [3.8, 4) is 22.3 Å². The topological polar surface area (TPSA) is 96.2 Å². The van der Waals surface area contributed by atoms with Crippen LogP contribution in [0.3, 0.4) is 0 Å². The van der Waals surface area contributed by atoms with Crippen molar-refractivity contribution in [3.63, 3.8) is 0 Å². The Morgan fingerprint density at radius 1 is 1.00 bits per heavy atom. The first-order valence-electron chi connectivity index (χ1n) is 12.4. The molecule has 3 atom stereocenters. The number of benzene rings is 3. The molecule has 1 heterocycles. The fourth-order valence-electron chi connectivity index (χ4n) is 5.10. The maximum Gasteiger partial charge on any atom is 0.193 e. The van der Waals surface area contributed by atoms with E-state index in [2.05, 4.69) is 0 Å². The maximum absolute atomic E-state index is 11.5. The summed E-state index contributed by atoms with van der Waals surface area (Å²) in [6, 6.07) is 19.6. The van der Waals surface area contributed by atoms with Gasteiger partial charge in [-0.3, -0.25) is 0 Å². The van der Waals surface area contributed by atoms with Crippen LogP contribution in [0.1, 0.15) is 30.4 Å². The van der Waals surface area contributed by atoms with Crippen LogP contribution in [0.15, 0.2) is 65.7 Å². The fraction of sp³-hybridized carbons (Fsp3) is 0.345. The Balaban J connectivity index is 1.30. The zero-order chi connectivity index (χ0) is 26.2. The second-order valence-corrected chi connectivity index (χ2v) is 12.6. The van der Waals surface area contributed by atoms with E-state index in [-0.39, 0.29) is 24.4 Å². The second kappa shape index (κ2) is 10.6. The zero-order valence-electron chi connectivity index (χ0n) is 20.6. The van der Waals surface area contributed by atoms with Crippen LogP contribution in [-0.4, -0.2) is 49.6 Å². The normalized spacial score (nSPS) is 21.4. The number of aliphatic hydroxyl groups excluding tert-OH is 2. The number of aliphatic hydroxyl groups is 2. The standard InChI is InChI=1S/C29H30ClNO5S/c1-37(34,35)17-18-2-4-19(5-3-18)20-6-8-21(9-7-20)25-15-27-23(12-26(25)30)13-29(31-27)36-24-11-10-22(16-32)28(33)14-24/h2-9,12,15,22,24,28,32-33H,10-11,13-14,16-17H2,1H3/t22-,24+,28+/m1/s1. The third-order valence-electron chi connectivity index (χ3n) is 7.11. The molecule has 1 saturated carbocycles. The van der Waals surface area contributed by atoms with Crippen molar-refractivity contribution in [2.24, 2.45) is 10.9 Å². The average Bonchev–Trinajstić information content (AvgIpc) is 3.24. The summed E-state index contributed by atoms with van der Waals surface area (Å²) in [7, 11) is -3.06. The highest BCUT2D eigenvalue weighted by Crippen LogP contribution is 2.39. The van der Waals surface area contributed by atoms with Gasteiger partial charge in [0.25, 0.3) is 0 Å². The summed E-state index contributed by atoms with van der Waals surface area (Å²) in [6.07, 6.45) is 3.17. The Hall–Kier alpha value is -2.71. The number of hydrogen-bond acceptors (Lipinski definition) is 6. The predicted molar refractivity (Wildman–Crippen MR) is 147 cm³/mol. The van der Waals surface area contributed by atoms with Gasteiger partial charge in [0, 0.05) is 35.8 Å². The van der Waals surface area contributed by atoms with E-state index in [9.17, 15) is 18.6 Å². The van der Waals surface area contributed by atoms with E-state index in [1.54, 1.807) is 0 Å². The van der Waals surface area contributed by atoms with E-state index in [4.69, 9.17) is 21.3 Å². The molecule has 8 heteroatoms. The zero-order valence-corrected chi connectivity index (χ0v) is 22.2. The maximum atomic E-state index is 11.5. The average molecular weight is 540 g/mol. The number of nitrogens with zero attached hydrogens (tertiary/aromatic N) is 1. The Morgan fingerprint density at radius 3 is 2.27 bits per heavy atom. The number of halogens is 1. The second-order valence-electron chi connectivity index (χ2n) is 10.1. The lowest BCUT2D eigenvalue weighted by Crippen LogP contribution is -2.36. The minimum atomic E-state index is -3.06. The SMILES string of the molecule is CS(=O)(=O)Cc1ccc(-c2ccc(-c3cc4c(cc3Cl)CC(O[C@H]3CC[C@H](CO)[C@@H](O)C3)=N4)cc2)cc1. The Morgan fingerprint density at radius 2 is 1.65 bits per heavy atom. The van der Waals surface area contributed by atoms with Crippen LogP contribution in [0.2, 0.25) is 5.02 Å². The van der Waals surface area contributed by atoms with Crippen LogP contribution in [-0.2, 0) is 26.7 Å². The van der Waals surface area contributed by atoms with E-state index in [0.29, 0.717) is 23.8 Å². The van der Waals surface area contributed by atoms with E-state index >= 15 is 0 Å². The van der Waals surface area contributed by atoms with E-state index < -0.39 is 15.9 Å². The van der Waals surface area contributed by atoms with E-state index in [0.717, 1.165) is 51.9 Å². The van der Waals surface area contributed by atoms with Gasteiger partial charge < -0.3 is 14.9 Å². The lowest BCUT2D eigenvalue weighted by atomic mass is 9.85. The molecule has 3 aromatic carbocycles. The first-order valence-corrected chi connectivity index (χ1v) is 14.9. The molecule has 0 spiro atoms. The molecule has 2 aliphatic rings. The first-order chi connectivity index (χ1) is 17.7. The lowest BCUT2D eigenvalue weighted by Gasteiger charge is -2.32. The van der Waals surface area contributed by atoms with Gasteiger partial charge in [-0.05, 0) is 52.8 Å². The predicted octanol–water partition coefficient (Wildman–Crippen LogP) is 5.34. The molecule has 194 valence electrons. The first kappa shape index (κ1) is 25.9. The van der Waals surface area contributed by atoms with Gasteiger partial charge in [0.1, 0.15) is 6.10 Å². The molecule has 1 fully saturated rings. The van der Waals surface area contributed by atoms with Crippen molar-refractivity contribution in [1.82, 2.24) is 0 Å². The van der Waals surface area contributed by atoms with Gasteiger partial charge in [-0.15, -0.1) is 0 Å². The quantitative estimate of drug-likeness (QED) is 0.440. The Labute approximate surface area is 222 Å². The van der Waals surface area contributed by atoms with Crippen molar-refractivity contribution in [1.29, 1.82) is 0 Å². The minimum absolute atomic E-state index is 0.000190. The van der Waals surface area contributed by atoms with Crippen LogP contribution >= 0.6 is 11.6 Å². The smallest absolute Gasteiger partial charge is 0.193 e. The molecule has 2 N–H and O–H groups in total. The number of hydrogen-bond donors (Lipinski definition) is 2. The molecule has 37 heavy (non-hydrogen) atoms. The Bertz CT molecular complexity index is 1420. The molecular formula is C29H30ClNO5S. The van der Waals surface area contributed by atoms with Crippen molar-refractivity contribution < 1.29 is 23.4 Å². The highest BCUT2D eigenvalue weighted by atomic mass is 35.5. The van der Waals surface area contributed by atoms with Crippen LogP contribution in [0.5, 0.6) is 0 Å². The van der Waals surface area contributed by atoms with Gasteiger partial charge in [0.2, 0.25) is 0 Å². The molecule has 1 aliphatic heterocycles. The lowest BCUT2D eigenvalue weighted by molar-refractivity contribution is -0.0133. The van der Waals surface area contributed by atoms with Crippen LogP contribution in [0, 0.1) is 5.92 Å². The van der Waals surface area contributed by atoms with Crippen LogP contribution < -0.4 is 0 Å². The van der Waals surface area contributed by atoms with E-state index in [1.165, 1.54) is 6.26 Å². The summed E-state index contributed by atoms with van der Waals surface area (Å²) < 4.78 is 29.2. The van der Waals surface area contributed by atoms with Gasteiger partial charge in [0.05, 0.1) is 24.0 Å². The van der Waals surface area contributed by atoms with Gasteiger partial charge in [-0.1, -0.05) is 60.1 Å². The number of aliphatic imine (C=N–C) groups is 1. The van der Waals surface area contributed by atoms with Gasteiger partial charge in [-0.2, -0.15) is 0 Å². The number of ether oxygens (including phenoxy) is 1. The highest BCUT2D eigenvalue weighted by Gasteiger charge is 2.31. The third-order valence-corrected chi connectivity index (χ3v) is 8.28. The van der Waals surface area contributed by atoms with E-state index in [1.807, 2.05) is 60.7 Å². The monoisotopic (exact) mass is 539 g/mol. The summed E-state index contributed by atoms with van der Waals surface area (Å²) in [4.78, 5) is 4.70. The number of sulfone groups is 1. The fourth-order valence-corrected chi connectivity index (χ4v) is 6.19. The number of rotatable bonds is 6. The molecule has 0 bridgehead atoms. The van der Waals surface area contributed by atoms with Gasteiger partial charge >= 0.3 is 0 Å². The third kappa shape index (κ3) is 6.07. The molecule has 5 rings (SSSR count). The summed E-state index contributed by atoms with van der Waals surface area (Å²) in [5.74, 6) is 0.595. The Kier molecular flexibility index (Phi) is 7.41.